The number of amides is 1. The van der Waals surface area contributed by atoms with Crippen LogP contribution in [0.25, 0.3) is 11.0 Å². The Morgan fingerprint density at radius 3 is 3.12 bits per heavy atom. The predicted molar refractivity (Wildman–Crippen MR) is 61.5 cm³/mol. The summed E-state index contributed by atoms with van der Waals surface area (Å²) in [5.74, 6) is 5.76. The average molecular weight is 218 g/mol. The second-order valence-electron chi connectivity index (χ2n) is 3.74. The molecule has 5 heteroatoms. The summed E-state index contributed by atoms with van der Waals surface area (Å²) in [7, 11) is 0. The number of fused-ring (bicyclic) bond motifs is 1. The second-order valence-corrected chi connectivity index (χ2v) is 3.74. The third kappa shape index (κ3) is 2.20. The number of rotatable bonds is 3. The third-order valence-electron chi connectivity index (χ3n) is 2.47. The van der Waals surface area contributed by atoms with E-state index >= 15 is 0 Å². The highest BCUT2D eigenvalue weighted by atomic mass is 16.2. The number of H-pyrrole nitrogens is 1. The predicted octanol–water partition coefficient (Wildman–Crippen LogP) is 0.794. The molecule has 2 rings (SSSR count). The molecule has 0 saturated carbocycles. The van der Waals surface area contributed by atoms with Crippen LogP contribution in [0.15, 0.2) is 18.2 Å². The van der Waals surface area contributed by atoms with Gasteiger partial charge >= 0.3 is 0 Å². The van der Waals surface area contributed by atoms with Gasteiger partial charge < -0.3 is 4.98 Å². The fraction of sp³-hybridized carbons (Fsp3) is 0.273. The van der Waals surface area contributed by atoms with E-state index < -0.39 is 0 Å². The standard InChI is InChI=1S/C11H14N4O/c1-7-13-9-4-2-8(6-10(9)14-7)3-5-11(16)15-12/h2,4,6H,3,5,12H2,1H3,(H,13,14)(H,15,16). The lowest BCUT2D eigenvalue weighted by Crippen LogP contribution is -2.30. The van der Waals surface area contributed by atoms with Gasteiger partial charge in [-0.1, -0.05) is 6.07 Å². The van der Waals surface area contributed by atoms with Gasteiger partial charge in [0.1, 0.15) is 5.82 Å². The number of aromatic amines is 1. The van der Waals surface area contributed by atoms with Crippen LogP contribution in [0.4, 0.5) is 0 Å². The van der Waals surface area contributed by atoms with Crippen LogP contribution < -0.4 is 11.3 Å². The van der Waals surface area contributed by atoms with Crippen LogP contribution in [0.1, 0.15) is 17.8 Å². The maximum absolute atomic E-state index is 11.0. The van der Waals surface area contributed by atoms with Crippen LogP contribution in [0.3, 0.4) is 0 Å². The van der Waals surface area contributed by atoms with Crippen molar-refractivity contribution in [2.45, 2.75) is 19.8 Å². The average Bonchev–Trinajstić information content (AvgIpc) is 2.65. The van der Waals surface area contributed by atoms with E-state index in [1.54, 1.807) is 0 Å². The number of nitrogens with two attached hydrogens (primary N) is 1. The molecule has 0 aliphatic carbocycles. The highest BCUT2D eigenvalue weighted by Crippen LogP contribution is 2.14. The van der Waals surface area contributed by atoms with Crippen molar-refractivity contribution >= 4 is 16.9 Å². The number of benzene rings is 1. The topological polar surface area (TPSA) is 83.8 Å². The number of hydrogen-bond donors (Lipinski definition) is 3. The first-order valence-electron chi connectivity index (χ1n) is 5.14. The molecule has 5 nitrogen and oxygen atoms in total. The van der Waals surface area contributed by atoms with E-state index in [0.717, 1.165) is 22.4 Å². The summed E-state index contributed by atoms with van der Waals surface area (Å²) in [6.45, 7) is 1.92. The summed E-state index contributed by atoms with van der Waals surface area (Å²) in [5, 5.41) is 0. The lowest BCUT2D eigenvalue weighted by molar-refractivity contribution is -0.121. The Bertz CT molecular complexity index is 518. The monoisotopic (exact) mass is 218 g/mol. The van der Waals surface area contributed by atoms with Crippen molar-refractivity contribution in [1.29, 1.82) is 0 Å². The van der Waals surface area contributed by atoms with Gasteiger partial charge in [-0.15, -0.1) is 0 Å². The molecule has 1 aromatic carbocycles. The van der Waals surface area contributed by atoms with E-state index in [4.69, 9.17) is 5.84 Å². The molecule has 0 aliphatic heterocycles. The minimum atomic E-state index is -0.152. The molecule has 0 radical (unpaired) electrons. The number of hydrogen-bond acceptors (Lipinski definition) is 3. The van der Waals surface area contributed by atoms with Crippen LogP contribution in [-0.4, -0.2) is 15.9 Å². The zero-order valence-corrected chi connectivity index (χ0v) is 9.08. The normalized spacial score (nSPS) is 10.6. The fourth-order valence-electron chi connectivity index (χ4n) is 1.67. The van der Waals surface area contributed by atoms with Crippen molar-refractivity contribution < 1.29 is 4.79 Å². The highest BCUT2D eigenvalue weighted by molar-refractivity contribution is 5.77. The SMILES string of the molecule is Cc1nc2ccc(CCC(=O)NN)cc2[nH]1. The number of aryl methyl sites for hydroxylation is 2. The quantitative estimate of drug-likeness (QED) is 0.404. The first-order valence-corrected chi connectivity index (χ1v) is 5.14. The number of imidazole rings is 1. The van der Waals surface area contributed by atoms with Crippen molar-refractivity contribution in [3.05, 3.63) is 29.6 Å². The van der Waals surface area contributed by atoms with E-state index in [1.165, 1.54) is 0 Å². The second kappa shape index (κ2) is 4.32. The molecule has 0 unspecified atom stereocenters. The number of nitrogens with one attached hydrogen (secondary N) is 2. The number of carbonyl (C=O) groups excluding carboxylic acids is 1. The third-order valence-corrected chi connectivity index (χ3v) is 2.47. The van der Waals surface area contributed by atoms with Gasteiger partial charge in [0.25, 0.3) is 0 Å². The molecule has 0 fully saturated rings. The van der Waals surface area contributed by atoms with E-state index in [2.05, 4.69) is 15.4 Å². The Morgan fingerprint density at radius 2 is 2.38 bits per heavy atom. The molecule has 0 aliphatic rings. The molecule has 2 aromatic rings. The smallest absolute Gasteiger partial charge is 0.234 e. The summed E-state index contributed by atoms with van der Waals surface area (Å²) >= 11 is 0. The lowest BCUT2D eigenvalue weighted by Gasteiger charge is -2.00. The van der Waals surface area contributed by atoms with Crippen LogP contribution in [0.2, 0.25) is 0 Å². The molecule has 1 heterocycles. The lowest BCUT2D eigenvalue weighted by atomic mass is 10.1. The first kappa shape index (κ1) is 10.6. The fourth-order valence-corrected chi connectivity index (χ4v) is 1.67. The Morgan fingerprint density at radius 1 is 1.56 bits per heavy atom. The van der Waals surface area contributed by atoms with Gasteiger partial charge in [0, 0.05) is 6.42 Å². The van der Waals surface area contributed by atoms with E-state index in [-0.39, 0.29) is 5.91 Å². The molecular formula is C11H14N4O. The Labute approximate surface area is 93.0 Å². The molecule has 84 valence electrons. The van der Waals surface area contributed by atoms with Gasteiger partial charge in [-0.3, -0.25) is 10.2 Å². The van der Waals surface area contributed by atoms with Crippen molar-refractivity contribution in [3.8, 4) is 0 Å². The maximum atomic E-state index is 11.0. The van der Waals surface area contributed by atoms with Crippen molar-refractivity contribution in [2.75, 3.05) is 0 Å². The Kier molecular flexibility index (Phi) is 2.87. The number of nitrogens with zero attached hydrogens (tertiary/aromatic N) is 1. The number of carbonyl (C=O) groups is 1. The van der Waals surface area contributed by atoms with Gasteiger partial charge in [0.15, 0.2) is 0 Å². The zero-order valence-electron chi connectivity index (χ0n) is 9.08. The van der Waals surface area contributed by atoms with Crippen LogP contribution in [-0.2, 0) is 11.2 Å². The summed E-state index contributed by atoms with van der Waals surface area (Å²) in [6.07, 6.45) is 1.08. The zero-order chi connectivity index (χ0) is 11.5. The van der Waals surface area contributed by atoms with Crippen molar-refractivity contribution in [3.63, 3.8) is 0 Å². The summed E-state index contributed by atoms with van der Waals surface area (Å²) in [4.78, 5) is 18.5. The Hall–Kier alpha value is -1.88. The number of aromatic nitrogens is 2. The van der Waals surface area contributed by atoms with Crippen molar-refractivity contribution in [1.82, 2.24) is 15.4 Å². The van der Waals surface area contributed by atoms with E-state index in [9.17, 15) is 4.79 Å². The molecular weight excluding hydrogens is 204 g/mol. The van der Waals surface area contributed by atoms with Crippen LogP contribution in [0.5, 0.6) is 0 Å². The van der Waals surface area contributed by atoms with Gasteiger partial charge in [-0.25, -0.2) is 10.8 Å². The first-order chi connectivity index (χ1) is 7.69. The summed E-state index contributed by atoms with van der Waals surface area (Å²) < 4.78 is 0. The molecule has 1 amide bonds. The summed E-state index contributed by atoms with van der Waals surface area (Å²) in [6, 6.07) is 5.94. The molecule has 0 spiro atoms. The summed E-state index contributed by atoms with van der Waals surface area (Å²) in [5.41, 5.74) is 5.17. The van der Waals surface area contributed by atoms with Crippen LogP contribution >= 0.6 is 0 Å². The molecule has 0 bridgehead atoms. The van der Waals surface area contributed by atoms with Gasteiger partial charge in [0.2, 0.25) is 5.91 Å². The Balaban J connectivity index is 2.16. The van der Waals surface area contributed by atoms with E-state index in [1.807, 2.05) is 25.1 Å². The molecule has 0 saturated heterocycles. The minimum Gasteiger partial charge on any atom is -0.342 e. The van der Waals surface area contributed by atoms with Gasteiger partial charge in [-0.05, 0) is 31.0 Å². The van der Waals surface area contributed by atoms with Gasteiger partial charge in [0.05, 0.1) is 11.0 Å². The largest absolute Gasteiger partial charge is 0.342 e. The number of hydrazine groups is 1. The van der Waals surface area contributed by atoms with Crippen LogP contribution in [0, 0.1) is 6.92 Å². The molecule has 1 aromatic heterocycles. The maximum Gasteiger partial charge on any atom is 0.234 e. The molecule has 4 N–H and O–H groups in total. The minimum absolute atomic E-state index is 0.152. The van der Waals surface area contributed by atoms with Gasteiger partial charge in [-0.2, -0.15) is 0 Å². The molecule has 0 atom stereocenters. The highest BCUT2D eigenvalue weighted by Gasteiger charge is 2.03. The molecule has 16 heavy (non-hydrogen) atoms. The van der Waals surface area contributed by atoms with Crippen molar-refractivity contribution in [2.24, 2.45) is 5.84 Å². The van der Waals surface area contributed by atoms with E-state index in [0.29, 0.717) is 12.8 Å².